The maximum atomic E-state index is 13.9. The molecule has 0 aliphatic carbocycles. The van der Waals surface area contributed by atoms with Gasteiger partial charge in [0, 0.05) is 22.3 Å². The fourth-order valence-electron chi connectivity index (χ4n) is 1.92. The molecule has 3 aromatic rings. The minimum atomic E-state index is -0.779. The fourth-order valence-corrected chi connectivity index (χ4v) is 2.17. The van der Waals surface area contributed by atoms with Crippen LogP contribution in [0.15, 0.2) is 36.4 Å². The van der Waals surface area contributed by atoms with E-state index in [4.69, 9.17) is 17.3 Å². The van der Waals surface area contributed by atoms with E-state index in [1.807, 2.05) is 0 Å². The number of hydrogen-bond donors (Lipinski definition) is 1. The topological polar surface area (TPSA) is 69.6 Å². The Bertz CT molecular complexity index is 798. The molecule has 0 saturated heterocycles. The number of hydrogen-bond acceptors (Lipinski definition) is 4. The fraction of sp³-hybridized carbons (Fsp3) is 0. The quantitative estimate of drug-likeness (QED) is 0.739. The largest absolute Gasteiger partial charge is 0.399 e. The van der Waals surface area contributed by atoms with Crippen molar-refractivity contribution in [1.29, 1.82) is 0 Å². The van der Waals surface area contributed by atoms with Gasteiger partial charge in [0.05, 0.1) is 0 Å². The van der Waals surface area contributed by atoms with Crippen molar-refractivity contribution in [3.05, 3.63) is 53.1 Å². The van der Waals surface area contributed by atoms with E-state index in [-0.39, 0.29) is 11.5 Å². The van der Waals surface area contributed by atoms with Crippen LogP contribution in [-0.4, -0.2) is 20.2 Å². The van der Waals surface area contributed by atoms with Gasteiger partial charge in [-0.15, -0.1) is 5.10 Å². The van der Waals surface area contributed by atoms with Crippen molar-refractivity contribution in [3.8, 4) is 17.1 Å². The number of aromatic nitrogens is 4. The molecule has 0 fully saturated rings. The van der Waals surface area contributed by atoms with E-state index in [0.29, 0.717) is 16.3 Å². The number of tetrazole rings is 1. The Hall–Kier alpha value is -2.54. The summed E-state index contributed by atoms with van der Waals surface area (Å²) in [6.07, 6.45) is 0. The minimum absolute atomic E-state index is 0.0231. The lowest BCUT2D eigenvalue weighted by Gasteiger charge is -2.07. The summed E-state index contributed by atoms with van der Waals surface area (Å²) in [6, 6.07) is 7.90. The first-order valence-electron chi connectivity index (χ1n) is 5.85. The van der Waals surface area contributed by atoms with Crippen LogP contribution in [0, 0.1) is 11.6 Å². The summed E-state index contributed by atoms with van der Waals surface area (Å²) in [5.74, 6) is -1.22. The molecule has 0 saturated carbocycles. The zero-order valence-electron chi connectivity index (χ0n) is 10.5. The molecule has 8 heteroatoms. The molecule has 21 heavy (non-hydrogen) atoms. The molecule has 0 unspecified atom stereocenters. The number of nitrogens with two attached hydrogens (primary N) is 1. The first kappa shape index (κ1) is 13.4. The maximum absolute atomic E-state index is 13.9. The van der Waals surface area contributed by atoms with Gasteiger partial charge in [-0.1, -0.05) is 11.6 Å². The van der Waals surface area contributed by atoms with Gasteiger partial charge in [-0.3, -0.25) is 0 Å². The second kappa shape index (κ2) is 5.10. The summed E-state index contributed by atoms with van der Waals surface area (Å²) in [7, 11) is 0. The van der Waals surface area contributed by atoms with Crippen LogP contribution in [0.5, 0.6) is 0 Å². The van der Waals surface area contributed by atoms with Crippen LogP contribution in [-0.2, 0) is 0 Å². The number of anilines is 1. The molecule has 0 amide bonds. The SMILES string of the molecule is Nc1cc(Cl)cc(-c2nnnn2-c2ccc(F)cc2F)c1. The van der Waals surface area contributed by atoms with Gasteiger partial charge < -0.3 is 5.73 Å². The molecule has 0 spiro atoms. The van der Waals surface area contributed by atoms with Gasteiger partial charge >= 0.3 is 0 Å². The Kier molecular flexibility index (Phi) is 3.26. The molecule has 3 rings (SSSR count). The van der Waals surface area contributed by atoms with Crippen LogP contribution in [0.1, 0.15) is 0 Å². The highest BCUT2D eigenvalue weighted by Gasteiger charge is 2.15. The van der Waals surface area contributed by atoms with Crippen LogP contribution in [0.2, 0.25) is 5.02 Å². The molecular weight excluding hydrogens is 300 g/mol. The normalized spacial score (nSPS) is 10.8. The Morgan fingerprint density at radius 3 is 2.62 bits per heavy atom. The molecule has 0 bridgehead atoms. The molecule has 0 radical (unpaired) electrons. The van der Waals surface area contributed by atoms with Crippen molar-refractivity contribution in [1.82, 2.24) is 20.2 Å². The molecule has 106 valence electrons. The second-order valence-corrected chi connectivity index (χ2v) is 4.72. The molecule has 5 nitrogen and oxygen atoms in total. The average Bonchev–Trinajstić information content (AvgIpc) is 2.86. The van der Waals surface area contributed by atoms with Crippen molar-refractivity contribution >= 4 is 17.3 Å². The van der Waals surface area contributed by atoms with Gasteiger partial charge in [-0.25, -0.2) is 8.78 Å². The zero-order chi connectivity index (χ0) is 15.0. The van der Waals surface area contributed by atoms with E-state index >= 15 is 0 Å². The molecule has 0 atom stereocenters. The third-order valence-corrected chi connectivity index (χ3v) is 3.00. The predicted octanol–water partition coefficient (Wildman–Crippen LogP) is 2.84. The monoisotopic (exact) mass is 307 g/mol. The zero-order valence-corrected chi connectivity index (χ0v) is 11.2. The summed E-state index contributed by atoms with van der Waals surface area (Å²) in [6.45, 7) is 0. The third kappa shape index (κ3) is 2.55. The van der Waals surface area contributed by atoms with Gasteiger partial charge in [0.25, 0.3) is 0 Å². The predicted molar refractivity (Wildman–Crippen MR) is 73.9 cm³/mol. The smallest absolute Gasteiger partial charge is 0.187 e. The summed E-state index contributed by atoms with van der Waals surface area (Å²) >= 11 is 5.94. The van der Waals surface area contributed by atoms with E-state index in [0.717, 1.165) is 16.8 Å². The van der Waals surface area contributed by atoms with Crippen LogP contribution >= 0.6 is 11.6 Å². The first-order chi connectivity index (χ1) is 10.0. The number of benzene rings is 2. The highest BCUT2D eigenvalue weighted by Crippen LogP contribution is 2.26. The van der Waals surface area contributed by atoms with Crippen LogP contribution in [0.3, 0.4) is 0 Å². The first-order valence-corrected chi connectivity index (χ1v) is 6.22. The third-order valence-electron chi connectivity index (χ3n) is 2.79. The molecule has 2 N–H and O–H groups in total. The van der Waals surface area contributed by atoms with Gasteiger partial charge in [0.1, 0.15) is 11.5 Å². The Morgan fingerprint density at radius 2 is 1.90 bits per heavy atom. The van der Waals surface area contributed by atoms with Crippen molar-refractivity contribution in [2.45, 2.75) is 0 Å². The average molecular weight is 308 g/mol. The second-order valence-electron chi connectivity index (χ2n) is 4.28. The van der Waals surface area contributed by atoms with Gasteiger partial charge in [-0.2, -0.15) is 4.68 Å². The minimum Gasteiger partial charge on any atom is -0.399 e. The summed E-state index contributed by atoms with van der Waals surface area (Å²) in [4.78, 5) is 0. The van der Waals surface area contributed by atoms with Crippen LogP contribution < -0.4 is 5.73 Å². The molecule has 0 aliphatic rings. The van der Waals surface area contributed by atoms with Crippen molar-refractivity contribution in [2.24, 2.45) is 0 Å². The Labute approximate surface area is 123 Å². The van der Waals surface area contributed by atoms with E-state index in [9.17, 15) is 8.78 Å². The van der Waals surface area contributed by atoms with Gasteiger partial charge in [-0.05, 0) is 40.8 Å². The lowest BCUT2D eigenvalue weighted by molar-refractivity contribution is 0.572. The highest BCUT2D eigenvalue weighted by atomic mass is 35.5. The summed E-state index contributed by atoms with van der Waals surface area (Å²) in [5.41, 5.74) is 6.69. The maximum Gasteiger partial charge on any atom is 0.187 e. The molecule has 1 heterocycles. The highest BCUT2D eigenvalue weighted by molar-refractivity contribution is 6.31. The van der Waals surface area contributed by atoms with Crippen molar-refractivity contribution in [2.75, 3.05) is 5.73 Å². The molecule has 2 aromatic carbocycles. The molecular formula is C13H8ClF2N5. The van der Waals surface area contributed by atoms with Gasteiger partial charge in [0.2, 0.25) is 0 Å². The summed E-state index contributed by atoms with van der Waals surface area (Å²) in [5, 5.41) is 11.5. The van der Waals surface area contributed by atoms with E-state index in [1.54, 1.807) is 18.2 Å². The molecule has 0 aliphatic heterocycles. The van der Waals surface area contributed by atoms with Crippen LogP contribution in [0.4, 0.5) is 14.5 Å². The van der Waals surface area contributed by atoms with E-state index in [2.05, 4.69) is 15.5 Å². The molecule has 1 aromatic heterocycles. The van der Waals surface area contributed by atoms with Crippen molar-refractivity contribution in [3.63, 3.8) is 0 Å². The number of nitrogen functional groups attached to an aromatic ring is 1. The van der Waals surface area contributed by atoms with E-state index in [1.165, 1.54) is 6.07 Å². The number of halogens is 3. The standard InChI is InChI=1S/C13H8ClF2N5/c14-8-3-7(4-10(17)5-8)13-18-19-20-21(13)12-2-1-9(15)6-11(12)16/h1-6H,17H2. The lowest BCUT2D eigenvalue weighted by Crippen LogP contribution is -2.03. The van der Waals surface area contributed by atoms with Gasteiger partial charge in [0.15, 0.2) is 11.6 Å². The Balaban J connectivity index is 2.17. The van der Waals surface area contributed by atoms with E-state index < -0.39 is 11.6 Å². The lowest BCUT2D eigenvalue weighted by atomic mass is 10.2. The van der Waals surface area contributed by atoms with Crippen LogP contribution in [0.25, 0.3) is 17.1 Å². The van der Waals surface area contributed by atoms with Crippen molar-refractivity contribution < 1.29 is 8.78 Å². The number of rotatable bonds is 2. The Morgan fingerprint density at radius 1 is 1.10 bits per heavy atom. The number of nitrogens with zero attached hydrogens (tertiary/aromatic N) is 4. The summed E-state index contributed by atoms with van der Waals surface area (Å²) < 4.78 is 28.0.